The van der Waals surface area contributed by atoms with Crippen LogP contribution in [0.3, 0.4) is 0 Å². The average molecular weight is 427 g/mol. The van der Waals surface area contributed by atoms with Crippen LogP contribution >= 0.6 is 0 Å². The second-order valence-corrected chi connectivity index (χ2v) is 8.36. The zero-order valence-corrected chi connectivity index (χ0v) is 18.1. The van der Waals surface area contributed by atoms with Crippen molar-refractivity contribution in [3.63, 3.8) is 0 Å². The first-order chi connectivity index (χ1) is 15.6. The summed E-state index contributed by atoms with van der Waals surface area (Å²) in [6.45, 7) is 3.63. The molecular formula is C26H26N4O2. The van der Waals surface area contributed by atoms with Crippen LogP contribution in [0, 0.1) is 12.8 Å². The van der Waals surface area contributed by atoms with Crippen LogP contribution in [0.1, 0.15) is 28.8 Å². The van der Waals surface area contributed by atoms with Gasteiger partial charge in [0, 0.05) is 30.4 Å². The van der Waals surface area contributed by atoms with Gasteiger partial charge in [0.1, 0.15) is 23.0 Å². The number of pyridine rings is 1. The number of ether oxygens (including phenoxy) is 1. The minimum Gasteiger partial charge on any atom is -0.457 e. The molecule has 3 aromatic rings. The number of aryl methyl sites for hydroxylation is 2. The molecule has 0 fully saturated rings. The molecule has 162 valence electrons. The van der Waals surface area contributed by atoms with Crippen molar-refractivity contribution >= 4 is 17.4 Å². The molecule has 32 heavy (non-hydrogen) atoms. The zero-order chi connectivity index (χ0) is 21.9. The van der Waals surface area contributed by atoms with Crippen LogP contribution < -0.4 is 15.4 Å². The van der Waals surface area contributed by atoms with E-state index in [0.717, 1.165) is 60.2 Å². The van der Waals surface area contributed by atoms with Crippen LogP contribution in [0.25, 0.3) is 0 Å². The minimum absolute atomic E-state index is 0.0442. The molecule has 2 N–H and O–H groups in total. The number of aromatic nitrogens is 1. The quantitative estimate of drug-likeness (QED) is 0.639. The fourth-order valence-electron chi connectivity index (χ4n) is 4.30. The highest BCUT2D eigenvalue weighted by molar-refractivity contribution is 5.98. The molecule has 1 aliphatic heterocycles. The molecule has 0 spiro atoms. The molecule has 1 aliphatic carbocycles. The second-order valence-electron chi connectivity index (χ2n) is 8.36. The van der Waals surface area contributed by atoms with Crippen molar-refractivity contribution in [1.82, 2.24) is 10.3 Å². The normalized spacial score (nSPS) is 17.2. The van der Waals surface area contributed by atoms with Gasteiger partial charge in [-0.15, -0.1) is 0 Å². The van der Waals surface area contributed by atoms with Crippen molar-refractivity contribution in [2.24, 2.45) is 10.9 Å². The summed E-state index contributed by atoms with van der Waals surface area (Å²) in [5.74, 6) is 2.33. The summed E-state index contributed by atoms with van der Waals surface area (Å²) < 4.78 is 6.13. The number of amidine groups is 1. The van der Waals surface area contributed by atoms with Crippen LogP contribution in [0.2, 0.25) is 0 Å². The molecule has 0 radical (unpaired) electrons. The van der Waals surface area contributed by atoms with Crippen molar-refractivity contribution in [3.05, 3.63) is 83.2 Å². The number of carbonyl (C=O) groups excluding carboxylic acids is 1. The van der Waals surface area contributed by atoms with Gasteiger partial charge in [-0.1, -0.05) is 18.2 Å². The number of amides is 1. The number of fused-ring (bicyclic) bond motifs is 1. The smallest absolute Gasteiger partial charge is 0.227 e. The number of rotatable bonds is 5. The molecule has 1 unspecified atom stereocenters. The number of anilines is 1. The number of hydrogen-bond acceptors (Lipinski definition) is 5. The van der Waals surface area contributed by atoms with E-state index in [2.05, 4.69) is 32.7 Å². The van der Waals surface area contributed by atoms with Crippen molar-refractivity contribution in [2.75, 3.05) is 18.4 Å². The Kier molecular flexibility index (Phi) is 5.58. The van der Waals surface area contributed by atoms with Gasteiger partial charge in [-0.2, -0.15) is 0 Å². The van der Waals surface area contributed by atoms with Crippen LogP contribution in [-0.2, 0) is 17.6 Å². The van der Waals surface area contributed by atoms with E-state index in [9.17, 15) is 4.79 Å². The lowest BCUT2D eigenvalue weighted by Gasteiger charge is -2.24. The van der Waals surface area contributed by atoms with Crippen molar-refractivity contribution in [3.8, 4) is 11.5 Å². The summed E-state index contributed by atoms with van der Waals surface area (Å²) in [6.07, 6.45) is 4.20. The maximum atomic E-state index is 12.9. The lowest BCUT2D eigenvalue weighted by atomic mass is 9.83. The molecule has 1 amide bonds. The molecule has 0 bridgehead atoms. The molecule has 2 heterocycles. The third-order valence-electron chi connectivity index (χ3n) is 5.95. The summed E-state index contributed by atoms with van der Waals surface area (Å²) in [6, 6.07) is 17.8. The van der Waals surface area contributed by atoms with Gasteiger partial charge in [0.25, 0.3) is 0 Å². The third-order valence-corrected chi connectivity index (χ3v) is 5.95. The number of benzene rings is 2. The summed E-state index contributed by atoms with van der Waals surface area (Å²) >= 11 is 0. The van der Waals surface area contributed by atoms with Crippen molar-refractivity contribution in [1.29, 1.82) is 0 Å². The highest BCUT2D eigenvalue weighted by Gasteiger charge is 2.25. The van der Waals surface area contributed by atoms with Gasteiger partial charge in [-0.05, 0) is 73.2 Å². The summed E-state index contributed by atoms with van der Waals surface area (Å²) in [5.41, 5.74) is 5.23. The fourth-order valence-corrected chi connectivity index (χ4v) is 4.30. The molecule has 2 aromatic carbocycles. The van der Waals surface area contributed by atoms with Gasteiger partial charge in [0.2, 0.25) is 5.91 Å². The molecule has 1 aromatic heterocycles. The molecule has 6 heteroatoms. The summed E-state index contributed by atoms with van der Waals surface area (Å²) in [7, 11) is 0. The zero-order valence-electron chi connectivity index (χ0n) is 18.1. The van der Waals surface area contributed by atoms with Gasteiger partial charge in [0.15, 0.2) is 0 Å². The van der Waals surface area contributed by atoms with E-state index in [-0.39, 0.29) is 11.8 Å². The van der Waals surface area contributed by atoms with Gasteiger partial charge < -0.3 is 15.4 Å². The Bertz CT molecular complexity index is 1190. The van der Waals surface area contributed by atoms with E-state index in [4.69, 9.17) is 4.74 Å². The lowest BCUT2D eigenvalue weighted by Crippen LogP contribution is -2.28. The van der Waals surface area contributed by atoms with Gasteiger partial charge in [0.05, 0.1) is 6.54 Å². The van der Waals surface area contributed by atoms with Gasteiger partial charge in [-0.25, -0.2) is 0 Å². The van der Waals surface area contributed by atoms with E-state index >= 15 is 0 Å². The highest BCUT2D eigenvalue weighted by Crippen LogP contribution is 2.31. The van der Waals surface area contributed by atoms with Crippen LogP contribution in [0.4, 0.5) is 5.69 Å². The van der Waals surface area contributed by atoms with E-state index in [1.54, 1.807) is 6.20 Å². The Labute approximate surface area is 187 Å². The SMILES string of the molecule is Cc1cccc(NC(=O)C2CCc3ccc(Oc4ccnc(C5=NCCN5)c4)cc3C2)c1. The molecular weight excluding hydrogens is 400 g/mol. The third kappa shape index (κ3) is 4.49. The summed E-state index contributed by atoms with van der Waals surface area (Å²) in [4.78, 5) is 21.7. The lowest BCUT2D eigenvalue weighted by molar-refractivity contribution is -0.120. The highest BCUT2D eigenvalue weighted by atomic mass is 16.5. The average Bonchev–Trinajstić information content (AvgIpc) is 3.34. The topological polar surface area (TPSA) is 75.6 Å². The Morgan fingerprint density at radius 1 is 1.09 bits per heavy atom. The second kappa shape index (κ2) is 8.83. The molecule has 0 saturated heterocycles. The maximum absolute atomic E-state index is 12.9. The molecule has 1 atom stereocenters. The number of nitrogens with zero attached hydrogens (tertiary/aromatic N) is 2. The van der Waals surface area contributed by atoms with E-state index in [1.165, 1.54) is 11.1 Å². The number of aliphatic imine (C=N–C) groups is 1. The molecule has 2 aliphatic rings. The van der Waals surface area contributed by atoms with Crippen LogP contribution in [-0.4, -0.2) is 29.8 Å². The van der Waals surface area contributed by atoms with Gasteiger partial charge >= 0.3 is 0 Å². The van der Waals surface area contributed by atoms with Crippen LogP contribution in [0.15, 0.2) is 65.8 Å². The first-order valence-electron chi connectivity index (χ1n) is 11.1. The maximum Gasteiger partial charge on any atom is 0.227 e. The fraction of sp³-hybridized carbons (Fsp3) is 0.269. The van der Waals surface area contributed by atoms with Crippen LogP contribution in [0.5, 0.6) is 11.5 Å². The Morgan fingerprint density at radius 2 is 2.00 bits per heavy atom. The first-order valence-corrected chi connectivity index (χ1v) is 11.1. The Balaban J connectivity index is 1.29. The Hall–Kier alpha value is -3.67. The molecule has 0 saturated carbocycles. The Morgan fingerprint density at radius 3 is 2.84 bits per heavy atom. The van der Waals surface area contributed by atoms with E-state index in [0.29, 0.717) is 6.42 Å². The first kappa shape index (κ1) is 20.2. The van der Waals surface area contributed by atoms with Gasteiger partial charge in [-0.3, -0.25) is 14.8 Å². The predicted molar refractivity (Wildman–Crippen MR) is 125 cm³/mol. The van der Waals surface area contributed by atoms with E-state index < -0.39 is 0 Å². The largest absolute Gasteiger partial charge is 0.457 e. The number of nitrogens with one attached hydrogen (secondary N) is 2. The standard InChI is InChI=1S/C26H26N4O2/c1-17-3-2-4-21(13-17)30-26(31)19-6-5-18-7-8-22(15-20(18)14-19)32-23-9-10-27-24(16-23)25-28-11-12-29-25/h2-4,7-10,13,15-16,19H,5-6,11-12,14H2,1H3,(H,28,29)(H,30,31). The predicted octanol–water partition coefficient (Wildman–Crippen LogP) is 4.28. The van der Waals surface area contributed by atoms with Crippen molar-refractivity contribution < 1.29 is 9.53 Å². The minimum atomic E-state index is -0.0442. The monoisotopic (exact) mass is 426 g/mol. The van der Waals surface area contributed by atoms with E-state index in [1.807, 2.05) is 49.4 Å². The van der Waals surface area contributed by atoms with Crippen molar-refractivity contribution in [2.45, 2.75) is 26.2 Å². The molecule has 5 rings (SSSR count). The number of hydrogen-bond donors (Lipinski definition) is 2. The summed E-state index contributed by atoms with van der Waals surface area (Å²) in [5, 5.41) is 6.31. The molecule has 6 nitrogen and oxygen atoms in total. The number of carbonyl (C=O) groups is 1.